The molecule has 0 N–H and O–H groups in total. The van der Waals surface area contributed by atoms with Crippen LogP contribution in [0.3, 0.4) is 0 Å². The van der Waals surface area contributed by atoms with Crippen molar-refractivity contribution in [1.29, 1.82) is 0 Å². The maximum absolute atomic E-state index is 12.0. The molecular formula is C12H10ClN3O3. The van der Waals surface area contributed by atoms with Gasteiger partial charge in [-0.25, -0.2) is 0 Å². The first-order chi connectivity index (χ1) is 8.99. The van der Waals surface area contributed by atoms with Crippen molar-refractivity contribution in [2.45, 2.75) is 13.5 Å². The van der Waals surface area contributed by atoms with E-state index < -0.39 is 4.92 Å². The van der Waals surface area contributed by atoms with Crippen LogP contribution in [0.2, 0.25) is 5.02 Å². The van der Waals surface area contributed by atoms with Gasteiger partial charge < -0.3 is 0 Å². The van der Waals surface area contributed by atoms with E-state index in [2.05, 4.69) is 5.10 Å². The summed E-state index contributed by atoms with van der Waals surface area (Å²) in [5, 5.41) is 15.1. The van der Waals surface area contributed by atoms with Crippen molar-refractivity contribution in [3.8, 4) is 0 Å². The molecule has 0 saturated heterocycles. The summed E-state index contributed by atoms with van der Waals surface area (Å²) in [6, 6.07) is 5.61. The number of ketones is 1. The summed E-state index contributed by atoms with van der Waals surface area (Å²) in [5.74, 6) is -0.258. The topological polar surface area (TPSA) is 78.0 Å². The standard InChI is InChI=1S/C12H10ClN3O3/c1-8-11(13)6-14-15(8)7-12(17)9-3-2-4-10(5-9)16(18)19/h2-6H,7H2,1H3. The minimum Gasteiger partial charge on any atom is -0.292 e. The quantitative estimate of drug-likeness (QED) is 0.490. The molecule has 2 rings (SSSR count). The maximum atomic E-state index is 12.0. The SMILES string of the molecule is Cc1c(Cl)cnn1CC(=O)c1cccc([N+](=O)[O-])c1. The minimum atomic E-state index is -0.535. The van der Waals surface area contributed by atoms with Gasteiger partial charge in [-0.1, -0.05) is 23.7 Å². The normalized spacial score (nSPS) is 10.4. The Kier molecular flexibility index (Phi) is 3.62. The van der Waals surface area contributed by atoms with E-state index in [0.717, 1.165) is 0 Å². The molecule has 7 heteroatoms. The number of hydrogen-bond donors (Lipinski definition) is 0. The van der Waals surface area contributed by atoms with E-state index >= 15 is 0 Å². The molecule has 0 radical (unpaired) electrons. The van der Waals surface area contributed by atoms with Gasteiger partial charge in [-0.15, -0.1) is 0 Å². The molecule has 0 amide bonds. The fraction of sp³-hybridized carbons (Fsp3) is 0.167. The Balaban J connectivity index is 2.23. The van der Waals surface area contributed by atoms with Crippen LogP contribution in [0, 0.1) is 17.0 Å². The minimum absolute atomic E-state index is 0.000277. The van der Waals surface area contributed by atoms with E-state index in [-0.39, 0.29) is 23.6 Å². The number of halogens is 1. The van der Waals surface area contributed by atoms with Gasteiger partial charge in [0.2, 0.25) is 0 Å². The predicted molar refractivity (Wildman–Crippen MR) is 69.4 cm³/mol. The number of Topliss-reactive ketones (excluding diaryl/α,β-unsaturated/α-hetero) is 1. The van der Waals surface area contributed by atoms with Gasteiger partial charge >= 0.3 is 0 Å². The Bertz CT molecular complexity index is 651. The van der Waals surface area contributed by atoms with Gasteiger partial charge in [-0.2, -0.15) is 5.10 Å². The van der Waals surface area contributed by atoms with Crippen LogP contribution in [-0.2, 0) is 6.54 Å². The van der Waals surface area contributed by atoms with Crippen LogP contribution in [0.25, 0.3) is 0 Å². The molecule has 0 saturated carbocycles. The Morgan fingerprint density at radius 2 is 2.26 bits per heavy atom. The molecule has 0 aliphatic carbocycles. The Morgan fingerprint density at radius 1 is 1.53 bits per heavy atom. The van der Waals surface area contributed by atoms with Crippen molar-refractivity contribution in [3.63, 3.8) is 0 Å². The van der Waals surface area contributed by atoms with Crippen LogP contribution in [0.5, 0.6) is 0 Å². The summed E-state index contributed by atoms with van der Waals surface area (Å²) >= 11 is 5.84. The van der Waals surface area contributed by atoms with Crippen molar-refractivity contribution in [3.05, 3.63) is 56.9 Å². The average molecular weight is 280 g/mol. The van der Waals surface area contributed by atoms with Crippen molar-refractivity contribution in [1.82, 2.24) is 9.78 Å². The molecule has 6 nitrogen and oxygen atoms in total. The highest BCUT2D eigenvalue weighted by Crippen LogP contribution is 2.16. The molecule has 19 heavy (non-hydrogen) atoms. The number of aromatic nitrogens is 2. The zero-order chi connectivity index (χ0) is 14.0. The molecular weight excluding hydrogens is 270 g/mol. The van der Waals surface area contributed by atoms with E-state index in [0.29, 0.717) is 10.7 Å². The molecule has 0 bridgehead atoms. The lowest BCUT2D eigenvalue weighted by atomic mass is 10.1. The molecule has 2 aromatic rings. The summed E-state index contributed by atoms with van der Waals surface area (Å²) in [5.41, 5.74) is 0.849. The van der Waals surface area contributed by atoms with Gasteiger partial charge in [0.25, 0.3) is 5.69 Å². The number of carbonyl (C=O) groups excluding carboxylic acids is 1. The summed E-state index contributed by atoms with van der Waals surface area (Å²) in [6.07, 6.45) is 1.46. The molecule has 1 aromatic carbocycles. The number of carbonyl (C=O) groups is 1. The number of nitro groups is 1. The van der Waals surface area contributed by atoms with Crippen molar-refractivity contribution >= 4 is 23.1 Å². The molecule has 0 aliphatic rings. The second-order valence-corrected chi connectivity index (χ2v) is 4.37. The van der Waals surface area contributed by atoms with E-state index in [1.807, 2.05) is 0 Å². The number of non-ortho nitro benzene ring substituents is 1. The summed E-state index contributed by atoms with van der Waals surface area (Å²) in [6.45, 7) is 1.75. The van der Waals surface area contributed by atoms with Crippen LogP contribution in [-0.4, -0.2) is 20.5 Å². The molecule has 98 valence electrons. The smallest absolute Gasteiger partial charge is 0.270 e. The third-order valence-electron chi connectivity index (χ3n) is 2.72. The van der Waals surface area contributed by atoms with E-state index in [1.54, 1.807) is 6.92 Å². The van der Waals surface area contributed by atoms with Crippen LogP contribution >= 0.6 is 11.6 Å². The van der Waals surface area contributed by atoms with E-state index in [9.17, 15) is 14.9 Å². The largest absolute Gasteiger partial charge is 0.292 e. The lowest BCUT2D eigenvalue weighted by Crippen LogP contribution is -2.13. The van der Waals surface area contributed by atoms with Gasteiger partial charge in [0.15, 0.2) is 5.78 Å². The van der Waals surface area contributed by atoms with Crippen molar-refractivity contribution in [2.75, 3.05) is 0 Å². The van der Waals surface area contributed by atoms with E-state index in [4.69, 9.17) is 11.6 Å². The molecule has 1 aromatic heterocycles. The lowest BCUT2D eigenvalue weighted by molar-refractivity contribution is -0.384. The highest BCUT2D eigenvalue weighted by atomic mass is 35.5. The number of hydrogen-bond acceptors (Lipinski definition) is 4. The zero-order valence-corrected chi connectivity index (χ0v) is 10.8. The highest BCUT2D eigenvalue weighted by Gasteiger charge is 2.14. The summed E-state index contributed by atoms with van der Waals surface area (Å²) in [7, 11) is 0. The maximum Gasteiger partial charge on any atom is 0.270 e. The van der Waals surface area contributed by atoms with Gasteiger partial charge in [0, 0.05) is 17.7 Å². The fourth-order valence-corrected chi connectivity index (χ4v) is 1.74. The molecule has 0 spiro atoms. The first kappa shape index (κ1) is 13.2. The molecule has 1 heterocycles. The van der Waals surface area contributed by atoms with Gasteiger partial charge in [0.05, 0.1) is 21.8 Å². The Labute approximate surface area is 113 Å². The first-order valence-electron chi connectivity index (χ1n) is 5.44. The van der Waals surface area contributed by atoms with Crippen LogP contribution in [0.15, 0.2) is 30.5 Å². The third-order valence-corrected chi connectivity index (χ3v) is 3.09. The lowest BCUT2D eigenvalue weighted by Gasteiger charge is -2.04. The average Bonchev–Trinajstić information content (AvgIpc) is 2.71. The first-order valence-corrected chi connectivity index (χ1v) is 5.82. The molecule has 0 atom stereocenters. The number of nitro benzene ring substituents is 1. The fourth-order valence-electron chi connectivity index (χ4n) is 1.60. The Morgan fingerprint density at radius 3 is 2.84 bits per heavy atom. The second-order valence-electron chi connectivity index (χ2n) is 3.97. The van der Waals surface area contributed by atoms with Crippen molar-refractivity contribution in [2.24, 2.45) is 0 Å². The number of rotatable bonds is 4. The van der Waals surface area contributed by atoms with Crippen LogP contribution in [0.4, 0.5) is 5.69 Å². The highest BCUT2D eigenvalue weighted by molar-refractivity contribution is 6.31. The Hall–Kier alpha value is -2.21. The number of benzene rings is 1. The van der Waals surface area contributed by atoms with Crippen LogP contribution in [0.1, 0.15) is 16.1 Å². The predicted octanol–water partition coefficient (Wildman–Crippen LogP) is 2.64. The molecule has 0 unspecified atom stereocenters. The van der Waals surface area contributed by atoms with Gasteiger partial charge in [0.1, 0.15) is 6.54 Å². The summed E-state index contributed by atoms with van der Waals surface area (Å²) in [4.78, 5) is 22.1. The van der Waals surface area contributed by atoms with Gasteiger partial charge in [-0.05, 0) is 6.92 Å². The van der Waals surface area contributed by atoms with E-state index in [1.165, 1.54) is 35.1 Å². The zero-order valence-electron chi connectivity index (χ0n) is 10.0. The second kappa shape index (κ2) is 5.19. The monoisotopic (exact) mass is 279 g/mol. The van der Waals surface area contributed by atoms with Crippen LogP contribution < -0.4 is 0 Å². The van der Waals surface area contributed by atoms with Gasteiger partial charge in [-0.3, -0.25) is 19.6 Å². The molecule has 0 aliphatic heterocycles. The molecule has 0 fully saturated rings. The van der Waals surface area contributed by atoms with Crippen molar-refractivity contribution < 1.29 is 9.72 Å². The third kappa shape index (κ3) is 2.79. The number of nitrogens with zero attached hydrogens (tertiary/aromatic N) is 3. The summed E-state index contributed by atoms with van der Waals surface area (Å²) < 4.78 is 1.46.